The molecule has 0 spiro atoms. The van der Waals surface area contributed by atoms with Crippen molar-refractivity contribution in [2.24, 2.45) is 0 Å². The standard InChI is InChI=1S/C12H16N2O2/c1-14-5-3-2-4-9-6-10(12(15)16)8-11(13)7-9/h2,4,6-8,14H,3,5,13H2,1H3,(H,15,16). The molecule has 1 aromatic carbocycles. The average Bonchev–Trinajstić information content (AvgIpc) is 2.23. The van der Waals surface area contributed by atoms with Gasteiger partial charge in [0.1, 0.15) is 0 Å². The van der Waals surface area contributed by atoms with Gasteiger partial charge in [0.15, 0.2) is 0 Å². The molecule has 86 valence electrons. The van der Waals surface area contributed by atoms with Crippen LogP contribution in [0.15, 0.2) is 24.3 Å². The van der Waals surface area contributed by atoms with Gasteiger partial charge >= 0.3 is 5.97 Å². The Morgan fingerprint density at radius 1 is 1.50 bits per heavy atom. The van der Waals surface area contributed by atoms with Gasteiger partial charge in [-0.15, -0.1) is 0 Å². The summed E-state index contributed by atoms with van der Waals surface area (Å²) in [6.07, 6.45) is 4.75. The molecule has 4 heteroatoms. The zero-order valence-corrected chi connectivity index (χ0v) is 9.23. The van der Waals surface area contributed by atoms with Crippen LogP contribution >= 0.6 is 0 Å². The van der Waals surface area contributed by atoms with Gasteiger partial charge in [-0.3, -0.25) is 0 Å². The molecule has 4 nitrogen and oxygen atoms in total. The molecule has 0 aliphatic heterocycles. The highest BCUT2D eigenvalue weighted by Crippen LogP contribution is 2.13. The fourth-order valence-corrected chi connectivity index (χ4v) is 1.34. The van der Waals surface area contributed by atoms with Crippen molar-refractivity contribution in [1.29, 1.82) is 0 Å². The number of aromatic carboxylic acids is 1. The number of nitrogens with one attached hydrogen (secondary N) is 1. The Morgan fingerprint density at radius 2 is 2.25 bits per heavy atom. The molecule has 16 heavy (non-hydrogen) atoms. The van der Waals surface area contributed by atoms with Gasteiger partial charge in [-0.05, 0) is 43.8 Å². The lowest BCUT2D eigenvalue weighted by molar-refractivity contribution is 0.0697. The first-order chi connectivity index (χ1) is 7.63. The van der Waals surface area contributed by atoms with Crippen LogP contribution in [0, 0.1) is 0 Å². The topological polar surface area (TPSA) is 75.3 Å². The molecular weight excluding hydrogens is 204 g/mol. The monoisotopic (exact) mass is 220 g/mol. The highest BCUT2D eigenvalue weighted by molar-refractivity contribution is 5.89. The van der Waals surface area contributed by atoms with Crippen LogP contribution in [0.1, 0.15) is 22.3 Å². The number of carboxylic acids is 1. The second-order valence-electron chi connectivity index (χ2n) is 3.49. The molecule has 4 N–H and O–H groups in total. The van der Waals surface area contributed by atoms with Gasteiger partial charge in [0, 0.05) is 5.69 Å². The maximum absolute atomic E-state index is 10.8. The summed E-state index contributed by atoms with van der Waals surface area (Å²) in [4.78, 5) is 10.8. The molecule has 0 amide bonds. The second-order valence-corrected chi connectivity index (χ2v) is 3.49. The van der Waals surface area contributed by atoms with Crippen molar-refractivity contribution in [3.63, 3.8) is 0 Å². The van der Waals surface area contributed by atoms with Crippen LogP contribution in [-0.2, 0) is 0 Å². The summed E-state index contributed by atoms with van der Waals surface area (Å²) < 4.78 is 0. The molecule has 0 heterocycles. The van der Waals surface area contributed by atoms with Crippen molar-refractivity contribution < 1.29 is 9.90 Å². The SMILES string of the molecule is CNCCC=Cc1cc(N)cc(C(=O)O)c1. The third-order valence-electron chi connectivity index (χ3n) is 2.10. The van der Waals surface area contributed by atoms with Crippen molar-refractivity contribution in [1.82, 2.24) is 5.32 Å². The highest BCUT2D eigenvalue weighted by atomic mass is 16.4. The molecule has 0 saturated carbocycles. The van der Waals surface area contributed by atoms with Gasteiger partial charge in [-0.1, -0.05) is 12.2 Å². The van der Waals surface area contributed by atoms with Crippen molar-refractivity contribution in [3.8, 4) is 0 Å². The number of nitrogens with two attached hydrogens (primary N) is 1. The molecule has 0 saturated heterocycles. The van der Waals surface area contributed by atoms with Crippen LogP contribution in [0.3, 0.4) is 0 Å². The second kappa shape index (κ2) is 5.92. The summed E-state index contributed by atoms with van der Waals surface area (Å²) in [6.45, 7) is 0.893. The smallest absolute Gasteiger partial charge is 0.335 e. The average molecular weight is 220 g/mol. The number of carboxylic acid groups (broad SMARTS) is 1. The maximum Gasteiger partial charge on any atom is 0.335 e. The number of anilines is 1. The van der Waals surface area contributed by atoms with Gasteiger partial charge in [-0.25, -0.2) is 4.79 Å². The highest BCUT2D eigenvalue weighted by Gasteiger charge is 2.03. The van der Waals surface area contributed by atoms with E-state index in [4.69, 9.17) is 10.8 Å². The minimum Gasteiger partial charge on any atom is -0.478 e. The third-order valence-corrected chi connectivity index (χ3v) is 2.10. The molecule has 0 radical (unpaired) electrons. The first-order valence-electron chi connectivity index (χ1n) is 5.08. The fourth-order valence-electron chi connectivity index (χ4n) is 1.34. The van der Waals surface area contributed by atoms with E-state index in [1.807, 2.05) is 19.2 Å². The largest absolute Gasteiger partial charge is 0.478 e. The van der Waals surface area contributed by atoms with Crippen LogP contribution in [0.2, 0.25) is 0 Å². The molecule has 0 unspecified atom stereocenters. The third kappa shape index (κ3) is 3.74. The van der Waals surface area contributed by atoms with E-state index in [0.717, 1.165) is 18.5 Å². The van der Waals surface area contributed by atoms with Gasteiger partial charge in [-0.2, -0.15) is 0 Å². The summed E-state index contributed by atoms with van der Waals surface area (Å²) in [5.74, 6) is -0.961. The lowest BCUT2D eigenvalue weighted by Crippen LogP contribution is -2.05. The minimum atomic E-state index is -0.961. The number of rotatable bonds is 5. The lowest BCUT2D eigenvalue weighted by atomic mass is 10.1. The lowest BCUT2D eigenvalue weighted by Gasteiger charge is -2.00. The van der Waals surface area contributed by atoms with Crippen molar-refractivity contribution in [2.75, 3.05) is 19.3 Å². The summed E-state index contributed by atoms with van der Waals surface area (Å²) in [5.41, 5.74) is 7.11. The Labute approximate surface area is 94.8 Å². The molecule has 0 aliphatic carbocycles. The first-order valence-corrected chi connectivity index (χ1v) is 5.08. The quantitative estimate of drug-likeness (QED) is 0.520. The molecule has 1 aromatic rings. The molecule has 0 bridgehead atoms. The first kappa shape index (κ1) is 12.3. The van der Waals surface area contributed by atoms with Gasteiger partial charge in [0.25, 0.3) is 0 Å². The van der Waals surface area contributed by atoms with E-state index in [1.165, 1.54) is 6.07 Å². The fraction of sp³-hybridized carbons (Fsp3) is 0.250. The number of benzene rings is 1. The van der Waals surface area contributed by atoms with E-state index >= 15 is 0 Å². The molecule has 0 fully saturated rings. The molecule has 0 aliphatic rings. The predicted octanol–water partition coefficient (Wildman–Crippen LogP) is 1.59. The zero-order valence-electron chi connectivity index (χ0n) is 9.23. The Bertz CT molecular complexity index is 400. The van der Waals surface area contributed by atoms with Crippen LogP contribution in [0.25, 0.3) is 6.08 Å². The summed E-state index contributed by atoms with van der Waals surface area (Å²) in [6, 6.07) is 4.81. The Morgan fingerprint density at radius 3 is 2.88 bits per heavy atom. The van der Waals surface area contributed by atoms with Crippen molar-refractivity contribution in [2.45, 2.75) is 6.42 Å². The van der Waals surface area contributed by atoms with E-state index in [9.17, 15) is 4.79 Å². The van der Waals surface area contributed by atoms with E-state index in [1.54, 1.807) is 12.1 Å². The molecule has 0 atom stereocenters. The van der Waals surface area contributed by atoms with Crippen LogP contribution < -0.4 is 11.1 Å². The molecular formula is C12H16N2O2. The summed E-state index contributed by atoms with van der Waals surface area (Å²) >= 11 is 0. The summed E-state index contributed by atoms with van der Waals surface area (Å²) in [7, 11) is 1.89. The van der Waals surface area contributed by atoms with E-state index < -0.39 is 5.97 Å². The number of hydrogen-bond donors (Lipinski definition) is 3. The minimum absolute atomic E-state index is 0.216. The van der Waals surface area contributed by atoms with Crippen LogP contribution in [-0.4, -0.2) is 24.7 Å². The normalized spacial score (nSPS) is 10.8. The van der Waals surface area contributed by atoms with E-state index in [0.29, 0.717) is 5.69 Å². The van der Waals surface area contributed by atoms with Gasteiger partial charge in [0.2, 0.25) is 0 Å². The Balaban J connectivity index is 2.80. The van der Waals surface area contributed by atoms with E-state index in [2.05, 4.69) is 5.32 Å². The van der Waals surface area contributed by atoms with Gasteiger partial charge in [0.05, 0.1) is 5.56 Å². The maximum atomic E-state index is 10.8. The number of carbonyl (C=O) groups is 1. The Hall–Kier alpha value is -1.81. The van der Waals surface area contributed by atoms with Crippen molar-refractivity contribution in [3.05, 3.63) is 35.4 Å². The molecule has 1 rings (SSSR count). The zero-order chi connectivity index (χ0) is 12.0. The number of hydrogen-bond acceptors (Lipinski definition) is 3. The predicted molar refractivity (Wildman–Crippen MR) is 65.4 cm³/mol. The summed E-state index contributed by atoms with van der Waals surface area (Å²) in [5, 5.41) is 11.9. The number of nitrogen functional groups attached to an aromatic ring is 1. The Kier molecular flexibility index (Phi) is 4.54. The van der Waals surface area contributed by atoms with Crippen molar-refractivity contribution >= 4 is 17.7 Å². The van der Waals surface area contributed by atoms with Crippen LogP contribution in [0.4, 0.5) is 5.69 Å². The molecule has 0 aromatic heterocycles. The van der Waals surface area contributed by atoms with E-state index in [-0.39, 0.29) is 5.56 Å². The van der Waals surface area contributed by atoms with Crippen LogP contribution in [0.5, 0.6) is 0 Å². The van der Waals surface area contributed by atoms with Gasteiger partial charge < -0.3 is 16.2 Å².